The van der Waals surface area contributed by atoms with Crippen LogP contribution in [0.1, 0.15) is 25.7 Å². The Kier molecular flexibility index (Phi) is 4.20. The largest absolute Gasteiger partial charge is 0.336 e. The van der Waals surface area contributed by atoms with Crippen LogP contribution in [0.25, 0.3) is 11.0 Å². The lowest BCUT2D eigenvalue weighted by Crippen LogP contribution is -2.36. The number of imidazole rings is 1. The summed E-state index contributed by atoms with van der Waals surface area (Å²) in [6.07, 6.45) is 3.59. The normalized spacial score (nSPS) is 12.5. The lowest BCUT2D eigenvalue weighted by molar-refractivity contribution is 0.243. The molecule has 8 nitrogen and oxygen atoms in total. The summed E-state index contributed by atoms with van der Waals surface area (Å²) in [5.41, 5.74) is 2.02. The SMILES string of the molecule is CC(C)C(NC(=O)Nc1cccc2nn(C)nc12)c1nccn1C. The average molecular weight is 327 g/mol. The van der Waals surface area contributed by atoms with E-state index in [9.17, 15) is 4.79 Å². The van der Waals surface area contributed by atoms with Crippen LogP contribution in [-0.2, 0) is 14.1 Å². The number of anilines is 1. The zero-order valence-corrected chi connectivity index (χ0v) is 14.2. The Morgan fingerprint density at radius 1 is 1.21 bits per heavy atom. The molecule has 24 heavy (non-hydrogen) atoms. The molecule has 2 aromatic heterocycles. The van der Waals surface area contributed by atoms with Crippen molar-refractivity contribution in [3.05, 3.63) is 36.4 Å². The monoisotopic (exact) mass is 327 g/mol. The van der Waals surface area contributed by atoms with Crippen LogP contribution in [0.4, 0.5) is 10.5 Å². The number of benzene rings is 1. The third kappa shape index (κ3) is 3.08. The molecule has 0 radical (unpaired) electrons. The Morgan fingerprint density at radius 2 is 2.00 bits per heavy atom. The van der Waals surface area contributed by atoms with Crippen LogP contribution in [0, 0.1) is 5.92 Å². The molecule has 2 heterocycles. The van der Waals surface area contributed by atoms with E-state index >= 15 is 0 Å². The summed E-state index contributed by atoms with van der Waals surface area (Å²) in [6, 6.07) is 5.02. The van der Waals surface area contributed by atoms with Gasteiger partial charge in [0.25, 0.3) is 0 Å². The molecule has 0 spiro atoms. The second kappa shape index (κ2) is 6.31. The van der Waals surface area contributed by atoms with E-state index in [1.165, 1.54) is 4.80 Å². The van der Waals surface area contributed by atoms with Crippen molar-refractivity contribution in [1.29, 1.82) is 0 Å². The molecule has 126 valence electrons. The van der Waals surface area contributed by atoms with E-state index in [2.05, 4.69) is 25.8 Å². The van der Waals surface area contributed by atoms with E-state index in [0.717, 1.165) is 11.3 Å². The van der Waals surface area contributed by atoms with Gasteiger partial charge in [-0.05, 0) is 18.1 Å². The van der Waals surface area contributed by atoms with Gasteiger partial charge in [0.1, 0.15) is 16.9 Å². The van der Waals surface area contributed by atoms with Gasteiger partial charge < -0.3 is 15.2 Å². The number of aryl methyl sites for hydroxylation is 2. The second-order valence-electron chi connectivity index (χ2n) is 6.08. The van der Waals surface area contributed by atoms with Crippen LogP contribution >= 0.6 is 0 Å². The molecule has 8 heteroatoms. The van der Waals surface area contributed by atoms with Crippen LogP contribution in [-0.4, -0.2) is 30.6 Å². The number of amides is 2. The fraction of sp³-hybridized carbons (Fsp3) is 0.375. The molecule has 0 aliphatic carbocycles. The predicted octanol–water partition coefficient (Wildman–Crippen LogP) is 2.22. The number of carbonyl (C=O) groups is 1. The highest BCUT2D eigenvalue weighted by atomic mass is 16.2. The molecule has 1 atom stereocenters. The highest BCUT2D eigenvalue weighted by molar-refractivity contribution is 5.98. The lowest BCUT2D eigenvalue weighted by atomic mass is 10.0. The molecule has 0 bridgehead atoms. The summed E-state index contributed by atoms with van der Waals surface area (Å²) >= 11 is 0. The highest BCUT2D eigenvalue weighted by Gasteiger charge is 2.22. The molecule has 0 fully saturated rings. The van der Waals surface area contributed by atoms with E-state index in [4.69, 9.17) is 0 Å². The quantitative estimate of drug-likeness (QED) is 0.769. The Bertz CT molecular complexity index is 864. The van der Waals surface area contributed by atoms with Crippen molar-refractivity contribution in [3.8, 4) is 0 Å². The van der Waals surface area contributed by atoms with Gasteiger partial charge in [0.15, 0.2) is 0 Å². The fourth-order valence-electron chi connectivity index (χ4n) is 2.65. The van der Waals surface area contributed by atoms with Gasteiger partial charge in [-0.3, -0.25) is 0 Å². The third-order valence-electron chi connectivity index (χ3n) is 3.85. The smallest absolute Gasteiger partial charge is 0.319 e. The van der Waals surface area contributed by atoms with Crippen LogP contribution in [0.2, 0.25) is 0 Å². The Morgan fingerprint density at radius 3 is 2.67 bits per heavy atom. The first-order valence-corrected chi connectivity index (χ1v) is 7.80. The molecule has 1 unspecified atom stereocenters. The zero-order valence-electron chi connectivity index (χ0n) is 14.2. The van der Waals surface area contributed by atoms with E-state index < -0.39 is 0 Å². The minimum atomic E-state index is -0.296. The summed E-state index contributed by atoms with van der Waals surface area (Å²) in [6.45, 7) is 4.09. The van der Waals surface area contributed by atoms with Crippen molar-refractivity contribution in [2.45, 2.75) is 19.9 Å². The molecule has 3 aromatic rings. The minimum absolute atomic E-state index is 0.189. The number of hydrogen-bond acceptors (Lipinski definition) is 4. The summed E-state index contributed by atoms with van der Waals surface area (Å²) in [5.74, 6) is 1.02. The zero-order chi connectivity index (χ0) is 17.3. The van der Waals surface area contributed by atoms with Crippen LogP contribution in [0.3, 0.4) is 0 Å². The average Bonchev–Trinajstić information content (AvgIpc) is 3.10. The summed E-state index contributed by atoms with van der Waals surface area (Å²) < 4.78 is 1.91. The standard InChI is InChI=1S/C16H21N7O/c1-10(2)13(15-17-8-9-22(15)3)19-16(24)18-11-6-5-7-12-14(11)21-23(4)20-12/h5-10,13H,1-4H3,(H2,18,19,24). The predicted molar refractivity (Wildman–Crippen MR) is 91.5 cm³/mol. The number of fused-ring (bicyclic) bond motifs is 1. The number of urea groups is 1. The number of nitrogens with one attached hydrogen (secondary N) is 2. The van der Waals surface area contributed by atoms with Gasteiger partial charge in [-0.1, -0.05) is 19.9 Å². The lowest BCUT2D eigenvalue weighted by Gasteiger charge is -2.22. The van der Waals surface area contributed by atoms with E-state index in [1.807, 2.05) is 49.9 Å². The van der Waals surface area contributed by atoms with E-state index in [0.29, 0.717) is 11.2 Å². The first kappa shape index (κ1) is 16.0. The summed E-state index contributed by atoms with van der Waals surface area (Å²) in [7, 11) is 3.66. The van der Waals surface area contributed by atoms with Gasteiger partial charge in [0.2, 0.25) is 0 Å². The van der Waals surface area contributed by atoms with Gasteiger partial charge in [0, 0.05) is 26.5 Å². The van der Waals surface area contributed by atoms with Crippen molar-refractivity contribution in [3.63, 3.8) is 0 Å². The molecule has 2 N–H and O–H groups in total. The first-order valence-electron chi connectivity index (χ1n) is 7.80. The van der Waals surface area contributed by atoms with Crippen molar-refractivity contribution in [2.24, 2.45) is 20.0 Å². The fourth-order valence-corrected chi connectivity index (χ4v) is 2.65. The Balaban J connectivity index is 1.80. The summed E-state index contributed by atoms with van der Waals surface area (Å²) in [5, 5.41) is 14.4. The number of hydrogen-bond donors (Lipinski definition) is 2. The molecule has 0 aliphatic rings. The third-order valence-corrected chi connectivity index (χ3v) is 3.85. The minimum Gasteiger partial charge on any atom is -0.336 e. The maximum atomic E-state index is 12.5. The molecule has 0 saturated heterocycles. The van der Waals surface area contributed by atoms with Crippen molar-refractivity contribution < 1.29 is 4.79 Å². The van der Waals surface area contributed by atoms with Gasteiger partial charge in [0.05, 0.1) is 11.7 Å². The van der Waals surface area contributed by atoms with Crippen LogP contribution in [0.15, 0.2) is 30.6 Å². The number of carbonyl (C=O) groups excluding carboxylic acids is 1. The first-order chi connectivity index (χ1) is 11.5. The van der Waals surface area contributed by atoms with E-state index in [1.54, 1.807) is 13.2 Å². The number of rotatable bonds is 4. The molecule has 1 aromatic carbocycles. The molecular weight excluding hydrogens is 306 g/mol. The van der Waals surface area contributed by atoms with E-state index in [-0.39, 0.29) is 18.0 Å². The van der Waals surface area contributed by atoms with Crippen molar-refractivity contribution >= 4 is 22.8 Å². The summed E-state index contributed by atoms with van der Waals surface area (Å²) in [4.78, 5) is 18.3. The Labute approximate surface area is 139 Å². The topological polar surface area (TPSA) is 89.7 Å². The second-order valence-corrected chi connectivity index (χ2v) is 6.08. The van der Waals surface area contributed by atoms with Gasteiger partial charge in [-0.25, -0.2) is 9.78 Å². The van der Waals surface area contributed by atoms with Gasteiger partial charge >= 0.3 is 6.03 Å². The van der Waals surface area contributed by atoms with Gasteiger partial charge in [-0.15, -0.1) is 0 Å². The maximum Gasteiger partial charge on any atom is 0.319 e. The molecule has 0 aliphatic heterocycles. The molecular formula is C16H21N7O. The number of aromatic nitrogens is 5. The van der Waals surface area contributed by atoms with Crippen molar-refractivity contribution in [2.75, 3.05) is 5.32 Å². The van der Waals surface area contributed by atoms with Crippen LogP contribution in [0.5, 0.6) is 0 Å². The maximum absolute atomic E-state index is 12.5. The molecule has 0 saturated carbocycles. The highest BCUT2D eigenvalue weighted by Crippen LogP contribution is 2.22. The number of nitrogens with zero attached hydrogens (tertiary/aromatic N) is 5. The Hall–Kier alpha value is -2.90. The van der Waals surface area contributed by atoms with Crippen LogP contribution < -0.4 is 10.6 Å². The molecule has 3 rings (SSSR count). The molecule has 2 amide bonds. The van der Waals surface area contributed by atoms with Gasteiger partial charge in [-0.2, -0.15) is 15.0 Å². The van der Waals surface area contributed by atoms with Crippen molar-refractivity contribution in [1.82, 2.24) is 29.9 Å².